The van der Waals surface area contributed by atoms with E-state index in [1.54, 1.807) is 18.3 Å². The first-order chi connectivity index (χ1) is 14.0. The van der Waals surface area contributed by atoms with Crippen LogP contribution in [0.2, 0.25) is 0 Å². The molecule has 7 heteroatoms. The quantitative estimate of drug-likeness (QED) is 0.549. The monoisotopic (exact) mass is 390 g/mol. The summed E-state index contributed by atoms with van der Waals surface area (Å²) >= 11 is 0. The Hall–Kier alpha value is -3.74. The SMILES string of the molecule is Cc1cccc(-c2cc(NCC(C=Nc3ccc(F)cc3)=CN)nc(N)n2)c1C. The molecule has 0 saturated heterocycles. The average Bonchev–Trinajstić information content (AvgIpc) is 2.71. The fourth-order valence-corrected chi connectivity index (χ4v) is 2.75. The Morgan fingerprint density at radius 3 is 2.62 bits per heavy atom. The van der Waals surface area contributed by atoms with Gasteiger partial charge >= 0.3 is 0 Å². The van der Waals surface area contributed by atoms with E-state index in [4.69, 9.17) is 11.5 Å². The van der Waals surface area contributed by atoms with Gasteiger partial charge in [-0.2, -0.15) is 4.98 Å². The lowest BCUT2D eigenvalue weighted by Gasteiger charge is -2.11. The van der Waals surface area contributed by atoms with Crippen LogP contribution in [-0.4, -0.2) is 22.7 Å². The maximum Gasteiger partial charge on any atom is 0.222 e. The number of nitrogen functional groups attached to an aromatic ring is 1. The van der Waals surface area contributed by atoms with E-state index in [0.717, 1.165) is 22.4 Å². The largest absolute Gasteiger partial charge is 0.404 e. The fourth-order valence-electron chi connectivity index (χ4n) is 2.75. The molecule has 0 radical (unpaired) electrons. The molecule has 5 N–H and O–H groups in total. The van der Waals surface area contributed by atoms with Crippen molar-refractivity contribution in [2.45, 2.75) is 13.8 Å². The van der Waals surface area contributed by atoms with Crippen LogP contribution in [-0.2, 0) is 0 Å². The van der Waals surface area contributed by atoms with E-state index < -0.39 is 0 Å². The molecule has 0 spiro atoms. The molecule has 3 rings (SSSR count). The zero-order chi connectivity index (χ0) is 20.8. The lowest BCUT2D eigenvalue weighted by molar-refractivity contribution is 0.628. The summed E-state index contributed by atoms with van der Waals surface area (Å²) in [6, 6.07) is 13.8. The van der Waals surface area contributed by atoms with Crippen molar-refractivity contribution in [2.24, 2.45) is 10.7 Å². The molecule has 0 bridgehead atoms. The standard InChI is InChI=1S/C22H23FN6/c1-14-4-3-5-19(15(14)2)20-10-21(29-22(25)28-20)27-13-16(11-24)12-26-18-8-6-17(23)7-9-18/h3-12H,13,24H2,1-2H3,(H3,25,27,28,29). The summed E-state index contributed by atoms with van der Waals surface area (Å²) < 4.78 is 13.0. The number of nitrogens with one attached hydrogen (secondary N) is 1. The fraction of sp³-hybridized carbons (Fsp3) is 0.136. The van der Waals surface area contributed by atoms with Crippen LogP contribution in [0.15, 0.2) is 65.3 Å². The minimum atomic E-state index is -0.304. The van der Waals surface area contributed by atoms with Gasteiger partial charge in [0.2, 0.25) is 5.95 Å². The number of hydrogen-bond donors (Lipinski definition) is 3. The lowest BCUT2D eigenvalue weighted by atomic mass is 10.0. The minimum Gasteiger partial charge on any atom is -0.404 e. The van der Waals surface area contributed by atoms with Gasteiger partial charge in [-0.05, 0) is 49.2 Å². The van der Waals surface area contributed by atoms with Crippen LogP contribution < -0.4 is 16.8 Å². The predicted octanol–water partition coefficient (Wildman–Crippen LogP) is 4.14. The van der Waals surface area contributed by atoms with Crippen LogP contribution in [0.25, 0.3) is 11.3 Å². The highest BCUT2D eigenvalue weighted by Crippen LogP contribution is 2.26. The highest BCUT2D eigenvalue weighted by atomic mass is 19.1. The minimum absolute atomic E-state index is 0.184. The van der Waals surface area contributed by atoms with Crippen LogP contribution in [0.1, 0.15) is 11.1 Å². The first-order valence-electron chi connectivity index (χ1n) is 9.11. The molecule has 1 heterocycles. The third-order valence-corrected chi connectivity index (χ3v) is 4.52. The average molecular weight is 390 g/mol. The molecule has 0 atom stereocenters. The van der Waals surface area contributed by atoms with Crippen LogP contribution in [0.5, 0.6) is 0 Å². The van der Waals surface area contributed by atoms with Gasteiger partial charge < -0.3 is 16.8 Å². The van der Waals surface area contributed by atoms with E-state index in [2.05, 4.69) is 40.2 Å². The highest BCUT2D eigenvalue weighted by Gasteiger charge is 2.09. The molecule has 0 aliphatic heterocycles. The zero-order valence-electron chi connectivity index (χ0n) is 16.4. The van der Waals surface area contributed by atoms with Gasteiger partial charge in [0.1, 0.15) is 11.6 Å². The zero-order valence-corrected chi connectivity index (χ0v) is 16.4. The van der Waals surface area contributed by atoms with Gasteiger partial charge in [0.15, 0.2) is 0 Å². The molecule has 6 nitrogen and oxygen atoms in total. The van der Waals surface area contributed by atoms with Crippen molar-refractivity contribution in [1.82, 2.24) is 9.97 Å². The second-order valence-electron chi connectivity index (χ2n) is 6.57. The van der Waals surface area contributed by atoms with E-state index in [-0.39, 0.29) is 11.8 Å². The number of aromatic nitrogens is 2. The summed E-state index contributed by atoms with van der Waals surface area (Å²) in [5.74, 6) is 0.466. The molecule has 148 valence electrons. The van der Waals surface area contributed by atoms with Crippen LogP contribution in [0.3, 0.4) is 0 Å². The van der Waals surface area contributed by atoms with Gasteiger partial charge in [0.05, 0.1) is 11.4 Å². The second kappa shape index (κ2) is 8.97. The number of nitrogens with two attached hydrogens (primary N) is 2. The van der Waals surface area contributed by atoms with E-state index in [1.807, 2.05) is 18.2 Å². The molecule has 1 aromatic heterocycles. The van der Waals surface area contributed by atoms with Crippen molar-refractivity contribution in [2.75, 3.05) is 17.6 Å². The van der Waals surface area contributed by atoms with Crippen LogP contribution in [0, 0.1) is 19.7 Å². The van der Waals surface area contributed by atoms with Gasteiger partial charge in [0.25, 0.3) is 0 Å². The summed E-state index contributed by atoms with van der Waals surface area (Å²) in [5, 5.41) is 3.20. The van der Waals surface area contributed by atoms with Crippen molar-refractivity contribution >= 4 is 23.7 Å². The Labute approximate surface area is 169 Å². The number of rotatable bonds is 6. The Balaban J connectivity index is 1.75. The molecule has 29 heavy (non-hydrogen) atoms. The number of benzene rings is 2. The Morgan fingerprint density at radius 2 is 1.90 bits per heavy atom. The number of aryl methyl sites for hydroxylation is 1. The molecule has 0 fully saturated rings. The van der Waals surface area contributed by atoms with Crippen molar-refractivity contribution in [1.29, 1.82) is 0 Å². The van der Waals surface area contributed by atoms with Gasteiger partial charge in [-0.25, -0.2) is 9.37 Å². The Bertz CT molecular complexity index is 1060. The first-order valence-corrected chi connectivity index (χ1v) is 9.11. The molecule has 2 aromatic carbocycles. The Morgan fingerprint density at radius 1 is 1.14 bits per heavy atom. The molecular formula is C22H23FN6. The maximum absolute atomic E-state index is 13.0. The summed E-state index contributed by atoms with van der Waals surface area (Å²) in [6.07, 6.45) is 3.08. The molecule has 0 aliphatic rings. The van der Waals surface area contributed by atoms with E-state index >= 15 is 0 Å². The molecule has 0 aliphatic carbocycles. The summed E-state index contributed by atoms with van der Waals surface area (Å²) in [7, 11) is 0. The van der Waals surface area contributed by atoms with E-state index in [9.17, 15) is 4.39 Å². The number of anilines is 2. The van der Waals surface area contributed by atoms with Gasteiger partial charge in [-0.1, -0.05) is 18.2 Å². The third kappa shape index (κ3) is 5.16. The van der Waals surface area contributed by atoms with Gasteiger partial charge in [-0.3, -0.25) is 4.99 Å². The molecule has 3 aromatic rings. The van der Waals surface area contributed by atoms with Gasteiger partial charge in [-0.15, -0.1) is 0 Å². The molecular weight excluding hydrogens is 367 g/mol. The van der Waals surface area contributed by atoms with E-state index in [0.29, 0.717) is 18.1 Å². The predicted molar refractivity (Wildman–Crippen MR) is 117 cm³/mol. The first kappa shape index (κ1) is 20.0. The number of hydrogen-bond acceptors (Lipinski definition) is 6. The topological polar surface area (TPSA) is 102 Å². The molecule has 0 saturated carbocycles. The van der Waals surface area contributed by atoms with Crippen molar-refractivity contribution < 1.29 is 4.39 Å². The normalized spacial score (nSPS) is 11.8. The van der Waals surface area contributed by atoms with E-state index in [1.165, 1.54) is 23.9 Å². The summed E-state index contributed by atoms with van der Waals surface area (Å²) in [5.41, 5.74) is 17.1. The summed E-state index contributed by atoms with van der Waals surface area (Å²) in [6.45, 7) is 4.50. The summed E-state index contributed by atoms with van der Waals surface area (Å²) in [4.78, 5) is 12.9. The Kier molecular flexibility index (Phi) is 6.19. The third-order valence-electron chi connectivity index (χ3n) is 4.52. The van der Waals surface area contributed by atoms with Crippen LogP contribution >= 0.6 is 0 Å². The highest BCUT2D eigenvalue weighted by molar-refractivity contribution is 5.82. The van der Waals surface area contributed by atoms with Crippen molar-refractivity contribution in [3.05, 3.63) is 77.2 Å². The van der Waals surface area contributed by atoms with Crippen LogP contribution in [0.4, 0.5) is 21.8 Å². The number of nitrogens with zero attached hydrogens (tertiary/aromatic N) is 3. The number of halogens is 1. The number of aliphatic imine (C=N–C) groups is 1. The second-order valence-corrected chi connectivity index (χ2v) is 6.57. The molecule has 0 amide bonds. The molecule has 0 unspecified atom stereocenters. The maximum atomic E-state index is 13.0. The van der Waals surface area contributed by atoms with Crippen molar-refractivity contribution in [3.63, 3.8) is 0 Å². The lowest BCUT2D eigenvalue weighted by Crippen LogP contribution is -2.10. The van der Waals surface area contributed by atoms with Gasteiger partial charge in [0, 0.05) is 36.2 Å². The van der Waals surface area contributed by atoms with Crippen molar-refractivity contribution in [3.8, 4) is 11.3 Å². The smallest absolute Gasteiger partial charge is 0.222 e.